The van der Waals surface area contributed by atoms with Crippen LogP contribution in [0, 0.1) is 5.92 Å². The van der Waals surface area contributed by atoms with Gasteiger partial charge in [0, 0.05) is 0 Å². The molecule has 0 rings (SSSR count). The van der Waals surface area contributed by atoms with Gasteiger partial charge in [0.1, 0.15) is 0 Å². The topological polar surface area (TPSA) is 26.0 Å². The highest BCUT2D eigenvalue weighted by Gasteiger charge is 2.03. The SMILES string of the molecule is CC/C=C(\C)[C@@H](CC)CN. The summed E-state index contributed by atoms with van der Waals surface area (Å²) >= 11 is 0. The zero-order valence-corrected chi connectivity index (χ0v) is 7.35. The summed E-state index contributed by atoms with van der Waals surface area (Å²) in [7, 11) is 0. The zero-order valence-electron chi connectivity index (χ0n) is 7.35. The van der Waals surface area contributed by atoms with Crippen molar-refractivity contribution in [1.82, 2.24) is 0 Å². The molecule has 0 aromatic carbocycles. The van der Waals surface area contributed by atoms with Crippen LogP contribution in [0.25, 0.3) is 0 Å². The maximum absolute atomic E-state index is 5.57. The van der Waals surface area contributed by atoms with Crippen molar-refractivity contribution in [3.63, 3.8) is 0 Å². The molecule has 0 bridgehead atoms. The Labute approximate surface area is 64.3 Å². The fourth-order valence-corrected chi connectivity index (χ4v) is 1.16. The Morgan fingerprint density at radius 3 is 2.40 bits per heavy atom. The van der Waals surface area contributed by atoms with Crippen LogP contribution in [0.3, 0.4) is 0 Å². The highest BCUT2D eigenvalue weighted by atomic mass is 14.5. The first kappa shape index (κ1) is 9.70. The lowest BCUT2D eigenvalue weighted by Crippen LogP contribution is -2.14. The molecule has 0 aliphatic heterocycles. The van der Waals surface area contributed by atoms with E-state index in [0.717, 1.165) is 13.0 Å². The molecule has 0 unspecified atom stereocenters. The third-order valence-electron chi connectivity index (χ3n) is 1.95. The molecule has 0 saturated carbocycles. The first-order chi connectivity index (χ1) is 4.76. The molecule has 0 aromatic rings. The van der Waals surface area contributed by atoms with Gasteiger partial charge in [0.05, 0.1) is 0 Å². The van der Waals surface area contributed by atoms with Crippen LogP contribution in [0.2, 0.25) is 0 Å². The predicted octanol–water partition coefficient (Wildman–Crippen LogP) is 2.33. The van der Waals surface area contributed by atoms with Crippen molar-refractivity contribution >= 4 is 0 Å². The Morgan fingerprint density at radius 2 is 2.10 bits per heavy atom. The van der Waals surface area contributed by atoms with Crippen LogP contribution in [0.1, 0.15) is 33.6 Å². The summed E-state index contributed by atoms with van der Waals surface area (Å²) in [6.45, 7) is 7.31. The number of nitrogens with two attached hydrogens (primary N) is 1. The fraction of sp³-hybridized carbons (Fsp3) is 0.778. The lowest BCUT2D eigenvalue weighted by atomic mass is 9.97. The van der Waals surface area contributed by atoms with E-state index in [1.165, 1.54) is 12.0 Å². The molecular weight excluding hydrogens is 122 g/mol. The highest BCUT2D eigenvalue weighted by Crippen LogP contribution is 2.12. The van der Waals surface area contributed by atoms with Crippen LogP contribution >= 0.6 is 0 Å². The molecule has 2 N–H and O–H groups in total. The summed E-state index contributed by atoms with van der Waals surface area (Å²) < 4.78 is 0. The van der Waals surface area contributed by atoms with Gasteiger partial charge in [-0.1, -0.05) is 25.5 Å². The molecule has 0 aromatic heterocycles. The van der Waals surface area contributed by atoms with Crippen molar-refractivity contribution in [3.05, 3.63) is 11.6 Å². The lowest BCUT2D eigenvalue weighted by Gasteiger charge is -2.11. The van der Waals surface area contributed by atoms with Crippen molar-refractivity contribution in [1.29, 1.82) is 0 Å². The van der Waals surface area contributed by atoms with Crippen molar-refractivity contribution in [2.24, 2.45) is 11.7 Å². The number of hydrogen-bond donors (Lipinski definition) is 1. The molecule has 1 heteroatoms. The molecule has 0 saturated heterocycles. The summed E-state index contributed by atoms with van der Waals surface area (Å²) in [6, 6.07) is 0. The predicted molar refractivity (Wildman–Crippen MR) is 46.9 cm³/mol. The molecule has 0 fully saturated rings. The van der Waals surface area contributed by atoms with Crippen molar-refractivity contribution in [2.45, 2.75) is 33.6 Å². The van der Waals surface area contributed by atoms with E-state index in [2.05, 4.69) is 26.8 Å². The van der Waals surface area contributed by atoms with Crippen LogP contribution in [0.15, 0.2) is 11.6 Å². The number of rotatable bonds is 4. The van der Waals surface area contributed by atoms with Gasteiger partial charge in [0.25, 0.3) is 0 Å². The van der Waals surface area contributed by atoms with Crippen LogP contribution in [-0.4, -0.2) is 6.54 Å². The second-order valence-corrected chi connectivity index (χ2v) is 2.70. The van der Waals surface area contributed by atoms with E-state index in [1.807, 2.05) is 0 Å². The Bertz CT molecular complexity index is 101. The second kappa shape index (κ2) is 5.48. The van der Waals surface area contributed by atoms with E-state index in [9.17, 15) is 0 Å². The van der Waals surface area contributed by atoms with Crippen molar-refractivity contribution < 1.29 is 0 Å². The Hall–Kier alpha value is -0.300. The van der Waals surface area contributed by atoms with E-state index in [-0.39, 0.29) is 0 Å². The fourth-order valence-electron chi connectivity index (χ4n) is 1.16. The van der Waals surface area contributed by atoms with Gasteiger partial charge in [0.15, 0.2) is 0 Å². The first-order valence-corrected chi connectivity index (χ1v) is 4.12. The molecule has 10 heavy (non-hydrogen) atoms. The summed E-state index contributed by atoms with van der Waals surface area (Å²) in [4.78, 5) is 0. The van der Waals surface area contributed by atoms with Gasteiger partial charge in [-0.3, -0.25) is 0 Å². The molecule has 0 aliphatic carbocycles. The molecule has 60 valence electrons. The Kier molecular flexibility index (Phi) is 5.32. The van der Waals surface area contributed by atoms with Gasteiger partial charge in [-0.25, -0.2) is 0 Å². The monoisotopic (exact) mass is 141 g/mol. The van der Waals surface area contributed by atoms with Crippen LogP contribution < -0.4 is 5.73 Å². The second-order valence-electron chi connectivity index (χ2n) is 2.70. The third-order valence-corrected chi connectivity index (χ3v) is 1.95. The molecule has 1 nitrogen and oxygen atoms in total. The minimum atomic E-state index is 0.611. The van der Waals surface area contributed by atoms with E-state index < -0.39 is 0 Å². The van der Waals surface area contributed by atoms with E-state index in [4.69, 9.17) is 5.73 Å². The highest BCUT2D eigenvalue weighted by molar-refractivity contribution is 5.02. The number of allylic oxidation sites excluding steroid dienone is 1. The summed E-state index contributed by atoms with van der Waals surface area (Å²) in [5.74, 6) is 0.611. The summed E-state index contributed by atoms with van der Waals surface area (Å²) in [6.07, 6.45) is 4.56. The third kappa shape index (κ3) is 3.02. The van der Waals surface area contributed by atoms with E-state index >= 15 is 0 Å². The van der Waals surface area contributed by atoms with Gasteiger partial charge in [-0.05, 0) is 32.2 Å². The zero-order chi connectivity index (χ0) is 7.98. The lowest BCUT2D eigenvalue weighted by molar-refractivity contribution is 0.601. The summed E-state index contributed by atoms with van der Waals surface area (Å²) in [5.41, 5.74) is 7.03. The largest absolute Gasteiger partial charge is 0.330 e. The first-order valence-electron chi connectivity index (χ1n) is 4.12. The maximum Gasteiger partial charge on any atom is -0.00117 e. The van der Waals surface area contributed by atoms with Gasteiger partial charge >= 0.3 is 0 Å². The van der Waals surface area contributed by atoms with Gasteiger partial charge in [-0.15, -0.1) is 0 Å². The standard InChI is InChI=1S/C9H19N/c1-4-6-8(3)9(5-2)7-10/h6,9H,4-5,7,10H2,1-3H3/b8-6+/t9-/m0/s1. The van der Waals surface area contributed by atoms with E-state index in [0.29, 0.717) is 5.92 Å². The average molecular weight is 141 g/mol. The summed E-state index contributed by atoms with van der Waals surface area (Å²) in [5, 5.41) is 0. The van der Waals surface area contributed by atoms with Crippen molar-refractivity contribution in [3.8, 4) is 0 Å². The molecule has 0 amide bonds. The minimum Gasteiger partial charge on any atom is -0.330 e. The normalized spacial score (nSPS) is 15.4. The quantitative estimate of drug-likeness (QED) is 0.597. The van der Waals surface area contributed by atoms with Crippen LogP contribution in [0.4, 0.5) is 0 Å². The van der Waals surface area contributed by atoms with Gasteiger partial charge in [0.2, 0.25) is 0 Å². The molecule has 1 atom stereocenters. The molecular formula is C9H19N. The Balaban J connectivity index is 3.87. The van der Waals surface area contributed by atoms with Crippen LogP contribution in [-0.2, 0) is 0 Å². The van der Waals surface area contributed by atoms with Gasteiger partial charge in [-0.2, -0.15) is 0 Å². The van der Waals surface area contributed by atoms with E-state index in [1.54, 1.807) is 0 Å². The average Bonchev–Trinajstić information content (AvgIpc) is 1.91. The molecule has 0 heterocycles. The minimum absolute atomic E-state index is 0.611. The maximum atomic E-state index is 5.57. The Morgan fingerprint density at radius 1 is 1.50 bits per heavy atom. The molecule has 0 radical (unpaired) electrons. The molecule has 0 aliphatic rings. The number of hydrogen-bond acceptors (Lipinski definition) is 1. The smallest absolute Gasteiger partial charge is 0.00117 e. The van der Waals surface area contributed by atoms with Crippen molar-refractivity contribution in [2.75, 3.05) is 6.54 Å². The van der Waals surface area contributed by atoms with Gasteiger partial charge < -0.3 is 5.73 Å². The molecule has 0 spiro atoms. The van der Waals surface area contributed by atoms with Crippen LogP contribution in [0.5, 0.6) is 0 Å².